The number of anilines is 1. The molecule has 3 rings (SSSR count). The van der Waals surface area contributed by atoms with Gasteiger partial charge in [0.05, 0.1) is 11.6 Å². The van der Waals surface area contributed by atoms with Crippen LogP contribution in [0.15, 0.2) is 47.3 Å². The van der Waals surface area contributed by atoms with Crippen LogP contribution in [0.4, 0.5) is 5.82 Å². The van der Waals surface area contributed by atoms with E-state index in [0.717, 1.165) is 22.4 Å². The van der Waals surface area contributed by atoms with Gasteiger partial charge in [0, 0.05) is 18.9 Å². The van der Waals surface area contributed by atoms with Crippen molar-refractivity contribution in [3.63, 3.8) is 0 Å². The van der Waals surface area contributed by atoms with Crippen LogP contribution in [0.5, 0.6) is 0 Å². The largest absolute Gasteiger partial charge is 0.477 e. The second-order valence-corrected chi connectivity index (χ2v) is 4.20. The van der Waals surface area contributed by atoms with Gasteiger partial charge in [0.15, 0.2) is 0 Å². The van der Waals surface area contributed by atoms with Gasteiger partial charge in [0.2, 0.25) is 0 Å². The molecule has 0 amide bonds. The van der Waals surface area contributed by atoms with E-state index in [0.29, 0.717) is 6.54 Å². The van der Waals surface area contributed by atoms with Gasteiger partial charge in [-0.2, -0.15) is 0 Å². The van der Waals surface area contributed by atoms with Crippen LogP contribution in [0.3, 0.4) is 0 Å². The molecule has 0 aliphatic carbocycles. The lowest BCUT2D eigenvalue weighted by molar-refractivity contribution is 0.0690. The number of aromatic carboxylic acids is 1. The average Bonchev–Trinajstić information content (AvgIpc) is 2.94. The third-order valence-corrected chi connectivity index (χ3v) is 2.88. The van der Waals surface area contributed by atoms with E-state index < -0.39 is 5.97 Å². The number of hydrogen-bond donors (Lipinski definition) is 2. The Balaban J connectivity index is 1.76. The fourth-order valence-electron chi connectivity index (χ4n) is 1.88. The number of furan rings is 1. The van der Waals surface area contributed by atoms with E-state index in [1.165, 1.54) is 12.3 Å². The number of aromatic nitrogens is 2. The first kappa shape index (κ1) is 12.2. The summed E-state index contributed by atoms with van der Waals surface area (Å²) in [6, 6.07) is 6.84. The molecule has 6 heteroatoms. The monoisotopic (exact) mass is 269 g/mol. The summed E-state index contributed by atoms with van der Waals surface area (Å²) in [5.74, 6) is -0.312. The number of nitrogens with zero attached hydrogens (tertiary/aromatic N) is 2. The first-order valence-corrected chi connectivity index (χ1v) is 5.98. The molecule has 0 aliphatic rings. The number of carbonyl (C=O) groups is 1. The van der Waals surface area contributed by atoms with Crippen molar-refractivity contribution >= 4 is 22.8 Å². The van der Waals surface area contributed by atoms with Gasteiger partial charge in [-0.3, -0.25) is 0 Å². The molecule has 6 nitrogen and oxygen atoms in total. The summed E-state index contributed by atoms with van der Waals surface area (Å²) in [4.78, 5) is 18.8. The number of hydrogen-bond acceptors (Lipinski definition) is 5. The van der Waals surface area contributed by atoms with Gasteiger partial charge in [-0.05, 0) is 23.8 Å². The molecule has 0 unspecified atom stereocenters. The number of carboxylic acids is 1. The van der Waals surface area contributed by atoms with Gasteiger partial charge in [-0.1, -0.05) is 6.07 Å². The topological polar surface area (TPSA) is 88.2 Å². The Morgan fingerprint density at radius 1 is 1.25 bits per heavy atom. The lowest BCUT2D eigenvalue weighted by Crippen LogP contribution is -2.04. The van der Waals surface area contributed by atoms with E-state index in [4.69, 9.17) is 9.52 Å². The molecule has 0 saturated carbocycles. The third-order valence-electron chi connectivity index (χ3n) is 2.88. The number of rotatable bonds is 4. The second-order valence-electron chi connectivity index (χ2n) is 4.20. The van der Waals surface area contributed by atoms with Crippen LogP contribution >= 0.6 is 0 Å². The van der Waals surface area contributed by atoms with Crippen LogP contribution in [0.1, 0.15) is 16.1 Å². The van der Waals surface area contributed by atoms with Gasteiger partial charge in [0.25, 0.3) is 0 Å². The van der Waals surface area contributed by atoms with Crippen LogP contribution < -0.4 is 5.32 Å². The van der Waals surface area contributed by atoms with Gasteiger partial charge >= 0.3 is 5.97 Å². The van der Waals surface area contributed by atoms with Gasteiger partial charge in [-0.15, -0.1) is 0 Å². The molecule has 0 aliphatic heterocycles. The van der Waals surface area contributed by atoms with Gasteiger partial charge < -0.3 is 14.8 Å². The normalized spacial score (nSPS) is 10.6. The first-order chi connectivity index (χ1) is 9.74. The molecule has 0 aromatic carbocycles. The Bertz CT molecular complexity index is 750. The summed E-state index contributed by atoms with van der Waals surface area (Å²) in [5, 5.41) is 12.9. The van der Waals surface area contributed by atoms with E-state index >= 15 is 0 Å². The molecule has 3 aromatic rings. The molecular weight excluding hydrogens is 258 g/mol. The molecule has 0 atom stereocenters. The maximum atomic E-state index is 10.7. The molecule has 0 radical (unpaired) electrons. The summed E-state index contributed by atoms with van der Waals surface area (Å²) < 4.78 is 5.30. The Morgan fingerprint density at radius 2 is 2.15 bits per heavy atom. The predicted molar refractivity (Wildman–Crippen MR) is 72.5 cm³/mol. The summed E-state index contributed by atoms with van der Waals surface area (Å²) in [5.41, 5.74) is 1.67. The molecule has 0 saturated heterocycles. The molecule has 3 aromatic heterocycles. The summed E-state index contributed by atoms with van der Waals surface area (Å²) in [7, 11) is 0. The summed E-state index contributed by atoms with van der Waals surface area (Å²) in [6.07, 6.45) is 4.81. The molecule has 20 heavy (non-hydrogen) atoms. The maximum Gasteiger partial charge on any atom is 0.354 e. The molecule has 0 fully saturated rings. The van der Waals surface area contributed by atoms with Crippen molar-refractivity contribution in [3.05, 3.63) is 54.2 Å². The molecule has 0 bridgehead atoms. The van der Waals surface area contributed by atoms with Crippen LogP contribution in [0.2, 0.25) is 0 Å². The van der Waals surface area contributed by atoms with Gasteiger partial charge in [0.1, 0.15) is 17.1 Å². The zero-order chi connectivity index (χ0) is 13.9. The number of nitrogens with one attached hydrogen (secondary N) is 1. The highest BCUT2D eigenvalue weighted by Gasteiger charge is 2.06. The Morgan fingerprint density at radius 3 is 2.90 bits per heavy atom. The van der Waals surface area contributed by atoms with E-state index in [9.17, 15) is 4.79 Å². The zero-order valence-corrected chi connectivity index (χ0v) is 10.4. The van der Waals surface area contributed by atoms with E-state index in [-0.39, 0.29) is 5.69 Å². The van der Waals surface area contributed by atoms with Crippen LogP contribution in [0, 0.1) is 0 Å². The standard InChI is InChI=1S/C14H11N3O3/c18-14(19)11-2-1-9(7-16-11)8-17-13-10-4-6-20-12(10)3-5-15-13/h1-7H,8H2,(H,15,17)(H,18,19). The minimum atomic E-state index is -1.03. The Labute approximate surface area is 114 Å². The first-order valence-electron chi connectivity index (χ1n) is 5.98. The van der Waals surface area contributed by atoms with Crippen LogP contribution in [-0.4, -0.2) is 21.0 Å². The van der Waals surface area contributed by atoms with Crippen LogP contribution in [-0.2, 0) is 6.54 Å². The van der Waals surface area contributed by atoms with Crippen LogP contribution in [0.25, 0.3) is 11.0 Å². The highest BCUT2D eigenvalue weighted by molar-refractivity contribution is 5.87. The quantitative estimate of drug-likeness (QED) is 0.756. The van der Waals surface area contributed by atoms with E-state index in [1.807, 2.05) is 6.07 Å². The fourth-order valence-corrected chi connectivity index (χ4v) is 1.88. The fraction of sp³-hybridized carbons (Fsp3) is 0.0714. The zero-order valence-electron chi connectivity index (χ0n) is 10.4. The highest BCUT2D eigenvalue weighted by atomic mass is 16.4. The second kappa shape index (κ2) is 5.00. The highest BCUT2D eigenvalue weighted by Crippen LogP contribution is 2.22. The summed E-state index contributed by atoms with van der Waals surface area (Å²) >= 11 is 0. The number of fused-ring (bicyclic) bond motifs is 1. The van der Waals surface area contributed by atoms with Crippen molar-refractivity contribution < 1.29 is 14.3 Å². The maximum absolute atomic E-state index is 10.7. The van der Waals surface area contributed by atoms with Crippen molar-refractivity contribution in [1.82, 2.24) is 9.97 Å². The van der Waals surface area contributed by atoms with Crippen molar-refractivity contribution in [2.24, 2.45) is 0 Å². The predicted octanol–water partition coefficient (Wildman–Crippen LogP) is 2.53. The van der Waals surface area contributed by atoms with Crippen molar-refractivity contribution in [1.29, 1.82) is 0 Å². The lowest BCUT2D eigenvalue weighted by atomic mass is 10.2. The molecule has 2 N–H and O–H groups in total. The van der Waals surface area contributed by atoms with Gasteiger partial charge in [-0.25, -0.2) is 14.8 Å². The Kier molecular flexibility index (Phi) is 3.04. The van der Waals surface area contributed by atoms with Crippen molar-refractivity contribution in [2.75, 3.05) is 5.32 Å². The molecular formula is C14H11N3O3. The minimum absolute atomic E-state index is 0.0313. The number of pyridine rings is 2. The number of carboxylic acid groups (broad SMARTS) is 1. The Hall–Kier alpha value is -2.89. The lowest BCUT2D eigenvalue weighted by Gasteiger charge is -2.06. The van der Waals surface area contributed by atoms with E-state index in [1.54, 1.807) is 24.6 Å². The smallest absolute Gasteiger partial charge is 0.354 e. The summed E-state index contributed by atoms with van der Waals surface area (Å²) in [6.45, 7) is 0.504. The third kappa shape index (κ3) is 2.31. The molecule has 0 spiro atoms. The minimum Gasteiger partial charge on any atom is -0.477 e. The van der Waals surface area contributed by atoms with Crippen molar-refractivity contribution in [3.8, 4) is 0 Å². The molecule has 100 valence electrons. The van der Waals surface area contributed by atoms with Crippen molar-refractivity contribution in [2.45, 2.75) is 6.54 Å². The SMILES string of the molecule is O=C(O)c1ccc(CNc2nccc3occc23)cn1. The average molecular weight is 269 g/mol. The van der Waals surface area contributed by atoms with E-state index in [2.05, 4.69) is 15.3 Å². The molecule has 3 heterocycles.